The van der Waals surface area contributed by atoms with E-state index in [1.165, 1.54) is 0 Å². The zero-order valence-electron chi connectivity index (χ0n) is 7.82. The van der Waals surface area contributed by atoms with Crippen molar-refractivity contribution in [2.24, 2.45) is 0 Å². The lowest BCUT2D eigenvalue weighted by molar-refractivity contribution is -0.133. The maximum absolute atomic E-state index is 11.0. The highest BCUT2D eigenvalue weighted by molar-refractivity contribution is 8.00. The fraction of sp³-hybridized carbons (Fsp3) is 0.714. The van der Waals surface area contributed by atoms with Crippen molar-refractivity contribution in [2.45, 2.75) is 0 Å². The summed E-state index contributed by atoms with van der Waals surface area (Å²) in [5, 5.41) is 10.8. The Morgan fingerprint density at radius 3 is 2.57 bits per heavy atom. The average molecular weight is 239 g/mol. The fourth-order valence-electron chi connectivity index (χ4n) is 0.616. The summed E-state index contributed by atoms with van der Waals surface area (Å²) in [5.41, 5.74) is 0. The summed E-state index contributed by atoms with van der Waals surface area (Å²) in [4.78, 5) is 21.1. The lowest BCUT2D eigenvalue weighted by Gasteiger charge is -2.02. The van der Waals surface area contributed by atoms with Crippen LogP contribution in [0.1, 0.15) is 0 Å². The summed E-state index contributed by atoms with van der Waals surface area (Å²) in [7, 11) is -0.911. The predicted octanol–water partition coefficient (Wildman–Crippen LogP) is -0.701. The third-order valence-electron chi connectivity index (χ3n) is 1.17. The first-order chi connectivity index (χ1) is 6.52. The first-order valence-electron chi connectivity index (χ1n) is 3.88. The van der Waals surface area contributed by atoms with E-state index in [1.54, 1.807) is 6.26 Å². The van der Waals surface area contributed by atoms with E-state index in [2.05, 4.69) is 5.32 Å². The number of carbonyl (C=O) groups is 2. The molecule has 0 heterocycles. The van der Waals surface area contributed by atoms with Gasteiger partial charge in [0, 0.05) is 29.4 Å². The number of rotatable bonds is 7. The molecule has 0 aromatic rings. The van der Waals surface area contributed by atoms with Crippen LogP contribution in [0.3, 0.4) is 0 Å². The number of hydrogen-bond acceptors (Lipinski definition) is 4. The first-order valence-corrected chi connectivity index (χ1v) is 6.77. The molecule has 0 fully saturated rings. The Morgan fingerprint density at radius 1 is 1.43 bits per heavy atom. The molecule has 0 spiro atoms. The van der Waals surface area contributed by atoms with E-state index >= 15 is 0 Å². The average Bonchev–Trinajstić information content (AvgIpc) is 2.02. The van der Waals surface area contributed by atoms with Gasteiger partial charge in [0.25, 0.3) is 0 Å². The van der Waals surface area contributed by atoms with E-state index in [0.29, 0.717) is 12.3 Å². The minimum Gasteiger partial charge on any atom is -0.481 e. The van der Waals surface area contributed by atoms with Crippen molar-refractivity contribution in [3.63, 3.8) is 0 Å². The van der Waals surface area contributed by atoms with Crippen molar-refractivity contribution in [2.75, 3.05) is 30.1 Å². The molecule has 0 aliphatic heterocycles. The number of thioether (sulfide) groups is 1. The number of carboxylic acids is 1. The van der Waals surface area contributed by atoms with Crippen molar-refractivity contribution < 1.29 is 18.9 Å². The Morgan fingerprint density at radius 2 is 2.07 bits per heavy atom. The smallest absolute Gasteiger partial charge is 0.313 e. The van der Waals surface area contributed by atoms with Crippen molar-refractivity contribution in [3.05, 3.63) is 0 Å². The van der Waals surface area contributed by atoms with Gasteiger partial charge in [-0.25, -0.2) is 0 Å². The Balaban J connectivity index is 3.37. The molecule has 0 aliphatic carbocycles. The van der Waals surface area contributed by atoms with Gasteiger partial charge in [-0.15, -0.1) is 11.8 Å². The molecule has 1 atom stereocenters. The number of carbonyl (C=O) groups excluding carboxylic acids is 1. The van der Waals surface area contributed by atoms with Crippen molar-refractivity contribution in [3.8, 4) is 0 Å². The van der Waals surface area contributed by atoms with Crippen molar-refractivity contribution in [1.82, 2.24) is 5.32 Å². The molecule has 1 amide bonds. The van der Waals surface area contributed by atoms with E-state index in [-0.39, 0.29) is 17.4 Å². The summed E-state index contributed by atoms with van der Waals surface area (Å²) in [6.07, 6.45) is 1.56. The zero-order valence-corrected chi connectivity index (χ0v) is 9.45. The summed E-state index contributed by atoms with van der Waals surface area (Å²) < 4.78 is 10.6. The lowest BCUT2D eigenvalue weighted by Crippen LogP contribution is -2.29. The van der Waals surface area contributed by atoms with Crippen LogP contribution in [0.25, 0.3) is 0 Å². The van der Waals surface area contributed by atoms with Gasteiger partial charge in [-0.1, -0.05) is 0 Å². The van der Waals surface area contributed by atoms with Gasteiger partial charge in [-0.3, -0.25) is 13.8 Å². The minimum atomic E-state index is -0.933. The molecule has 0 aromatic heterocycles. The second-order valence-corrected chi connectivity index (χ2v) is 5.05. The number of amides is 1. The van der Waals surface area contributed by atoms with Crippen LogP contribution < -0.4 is 5.32 Å². The highest BCUT2D eigenvalue weighted by Crippen LogP contribution is 1.97. The summed E-state index contributed by atoms with van der Waals surface area (Å²) >= 11 is 1.04. The predicted molar refractivity (Wildman–Crippen MR) is 56.9 cm³/mol. The second-order valence-electron chi connectivity index (χ2n) is 2.51. The van der Waals surface area contributed by atoms with E-state index in [4.69, 9.17) is 5.11 Å². The van der Waals surface area contributed by atoms with Crippen LogP contribution in [-0.2, 0) is 20.4 Å². The van der Waals surface area contributed by atoms with Crippen LogP contribution in [-0.4, -0.2) is 51.3 Å². The molecule has 0 bridgehead atoms. The topological polar surface area (TPSA) is 83.5 Å². The molecule has 0 aliphatic rings. The molecule has 0 rings (SSSR count). The van der Waals surface area contributed by atoms with Crippen LogP contribution in [0.5, 0.6) is 0 Å². The first kappa shape index (κ1) is 13.4. The number of hydrogen-bond donors (Lipinski definition) is 2. The molecule has 7 heteroatoms. The zero-order chi connectivity index (χ0) is 11.0. The largest absolute Gasteiger partial charge is 0.481 e. The SMILES string of the molecule is CS(=O)CCNC(=O)CSCC(=O)O. The number of aliphatic carboxylic acids is 1. The normalized spacial score (nSPS) is 12.1. The van der Waals surface area contributed by atoms with Gasteiger partial charge in [0.05, 0.1) is 11.5 Å². The van der Waals surface area contributed by atoms with Gasteiger partial charge in [0.2, 0.25) is 5.91 Å². The molecular weight excluding hydrogens is 226 g/mol. The minimum absolute atomic E-state index is 0.0763. The van der Waals surface area contributed by atoms with E-state index in [0.717, 1.165) is 11.8 Å². The van der Waals surface area contributed by atoms with Gasteiger partial charge >= 0.3 is 5.97 Å². The molecule has 0 saturated heterocycles. The monoisotopic (exact) mass is 239 g/mol. The third kappa shape index (κ3) is 9.53. The fourth-order valence-corrected chi connectivity index (χ4v) is 1.57. The maximum Gasteiger partial charge on any atom is 0.313 e. The van der Waals surface area contributed by atoms with Crippen molar-refractivity contribution in [1.29, 1.82) is 0 Å². The molecule has 0 radical (unpaired) electrons. The maximum atomic E-state index is 11.0. The van der Waals surface area contributed by atoms with E-state index < -0.39 is 16.8 Å². The van der Waals surface area contributed by atoms with Crippen molar-refractivity contribution >= 4 is 34.4 Å². The molecular formula is C7H13NO4S2. The second kappa shape index (κ2) is 7.81. The highest BCUT2D eigenvalue weighted by atomic mass is 32.2. The van der Waals surface area contributed by atoms with E-state index in [1.807, 2.05) is 0 Å². The Kier molecular flexibility index (Phi) is 7.50. The quantitative estimate of drug-likeness (QED) is 0.614. The van der Waals surface area contributed by atoms with Crippen LogP contribution in [0.15, 0.2) is 0 Å². The summed E-state index contributed by atoms with van der Waals surface area (Å²) in [6, 6.07) is 0. The molecule has 0 aromatic carbocycles. The Labute approximate surface area is 89.1 Å². The van der Waals surface area contributed by atoms with Crippen LogP contribution >= 0.6 is 11.8 Å². The third-order valence-corrected chi connectivity index (χ3v) is 2.87. The van der Waals surface area contributed by atoms with Gasteiger partial charge in [0.1, 0.15) is 0 Å². The Bertz CT molecular complexity index is 210. The van der Waals surface area contributed by atoms with E-state index in [9.17, 15) is 13.8 Å². The van der Waals surface area contributed by atoms with Gasteiger partial charge < -0.3 is 10.4 Å². The molecule has 0 saturated carbocycles. The van der Waals surface area contributed by atoms with Crippen LogP contribution in [0.4, 0.5) is 0 Å². The summed E-state index contributed by atoms with van der Waals surface area (Å²) in [5.74, 6) is -0.676. The number of nitrogens with one attached hydrogen (secondary N) is 1. The molecule has 5 nitrogen and oxygen atoms in total. The molecule has 82 valence electrons. The van der Waals surface area contributed by atoms with Crippen LogP contribution in [0.2, 0.25) is 0 Å². The molecule has 14 heavy (non-hydrogen) atoms. The van der Waals surface area contributed by atoms with Crippen LogP contribution in [0, 0.1) is 0 Å². The highest BCUT2D eigenvalue weighted by Gasteiger charge is 2.03. The standard InChI is InChI=1S/C7H13NO4S2/c1-14(12)3-2-8-6(9)4-13-5-7(10)11/h2-5H2,1H3,(H,8,9)(H,10,11). The number of carboxylic acid groups (broad SMARTS) is 1. The van der Waals surface area contributed by atoms with Gasteiger partial charge in [-0.2, -0.15) is 0 Å². The summed E-state index contributed by atoms with van der Waals surface area (Å²) in [6.45, 7) is 0.371. The molecule has 2 N–H and O–H groups in total. The van der Waals surface area contributed by atoms with Gasteiger partial charge in [0.15, 0.2) is 0 Å². The van der Waals surface area contributed by atoms with Gasteiger partial charge in [-0.05, 0) is 0 Å². The molecule has 1 unspecified atom stereocenters. The lowest BCUT2D eigenvalue weighted by atomic mass is 10.6. The Hall–Kier alpha value is -0.560.